The standard InChI is InChI=1S/C25H21FN4O4S/c1-25(13-14-25)24(31)27-19-3-2-4-20(15-19)30-35(32,33)21-11-7-16(8-12-21)22-28-23(34-29-22)17-5-9-18(26)10-6-17/h2-12,15,30H,13-14H2,1H3,(H,27,31). The number of amides is 1. The maximum Gasteiger partial charge on any atom is 0.261 e. The van der Waals surface area contributed by atoms with Crippen LogP contribution in [-0.4, -0.2) is 24.5 Å². The van der Waals surface area contributed by atoms with Gasteiger partial charge in [0.2, 0.25) is 11.7 Å². The molecule has 2 N–H and O–H groups in total. The van der Waals surface area contributed by atoms with Crippen molar-refractivity contribution in [3.63, 3.8) is 0 Å². The van der Waals surface area contributed by atoms with Crippen LogP contribution in [0.5, 0.6) is 0 Å². The molecule has 0 atom stereocenters. The quantitative estimate of drug-likeness (QED) is 0.372. The second-order valence-corrected chi connectivity index (χ2v) is 10.3. The van der Waals surface area contributed by atoms with Crippen molar-refractivity contribution in [2.75, 3.05) is 10.0 Å². The minimum absolute atomic E-state index is 0.0448. The molecule has 0 spiro atoms. The Balaban J connectivity index is 1.30. The first kappa shape index (κ1) is 22.7. The van der Waals surface area contributed by atoms with Crippen molar-refractivity contribution in [3.8, 4) is 22.8 Å². The lowest BCUT2D eigenvalue weighted by molar-refractivity contribution is -0.120. The average molecular weight is 493 g/mol. The molecule has 0 unspecified atom stereocenters. The van der Waals surface area contributed by atoms with Crippen LogP contribution in [-0.2, 0) is 14.8 Å². The monoisotopic (exact) mass is 492 g/mol. The molecule has 4 aromatic rings. The third kappa shape index (κ3) is 4.92. The van der Waals surface area contributed by atoms with Crippen LogP contribution in [0.25, 0.3) is 22.8 Å². The SMILES string of the molecule is CC1(C(=O)Nc2cccc(NS(=O)(=O)c3ccc(-c4noc(-c5ccc(F)cc5)n4)cc3)c2)CC1. The number of nitrogens with zero attached hydrogens (tertiary/aromatic N) is 2. The molecule has 35 heavy (non-hydrogen) atoms. The molecule has 0 bridgehead atoms. The number of rotatable bonds is 7. The molecular formula is C25H21FN4O4S. The number of nitrogens with one attached hydrogen (secondary N) is 2. The summed E-state index contributed by atoms with van der Waals surface area (Å²) in [6, 6.07) is 18.2. The zero-order valence-corrected chi connectivity index (χ0v) is 19.5. The summed E-state index contributed by atoms with van der Waals surface area (Å²) in [7, 11) is -3.88. The van der Waals surface area contributed by atoms with Gasteiger partial charge in [-0.05, 0) is 79.6 Å². The smallest absolute Gasteiger partial charge is 0.261 e. The highest BCUT2D eigenvalue weighted by Gasteiger charge is 2.44. The van der Waals surface area contributed by atoms with E-state index in [-0.39, 0.29) is 33.8 Å². The van der Waals surface area contributed by atoms with Crippen LogP contribution in [0.15, 0.2) is 82.2 Å². The van der Waals surface area contributed by atoms with Gasteiger partial charge in [-0.15, -0.1) is 0 Å². The Bertz CT molecular complexity index is 1500. The number of hydrogen-bond acceptors (Lipinski definition) is 6. The Hall–Kier alpha value is -4.05. The number of halogens is 1. The largest absolute Gasteiger partial charge is 0.334 e. The van der Waals surface area contributed by atoms with Gasteiger partial charge in [0.05, 0.1) is 10.6 Å². The van der Waals surface area contributed by atoms with Crippen molar-refractivity contribution in [1.82, 2.24) is 10.1 Å². The summed E-state index contributed by atoms with van der Waals surface area (Å²) in [4.78, 5) is 16.6. The van der Waals surface area contributed by atoms with E-state index in [4.69, 9.17) is 4.52 Å². The molecule has 1 aliphatic carbocycles. The molecule has 178 valence electrons. The molecule has 1 heterocycles. The molecule has 1 saturated carbocycles. The first-order valence-electron chi connectivity index (χ1n) is 10.9. The predicted molar refractivity (Wildman–Crippen MR) is 128 cm³/mol. The first-order valence-corrected chi connectivity index (χ1v) is 12.3. The third-order valence-corrected chi connectivity index (χ3v) is 7.26. The molecule has 0 radical (unpaired) electrons. The number of benzene rings is 3. The van der Waals surface area contributed by atoms with E-state index >= 15 is 0 Å². The van der Waals surface area contributed by atoms with Crippen LogP contribution < -0.4 is 10.0 Å². The Morgan fingerprint density at radius 2 is 1.63 bits per heavy atom. The Morgan fingerprint density at radius 1 is 0.971 bits per heavy atom. The van der Waals surface area contributed by atoms with Gasteiger partial charge >= 0.3 is 0 Å². The molecule has 0 aliphatic heterocycles. The fraction of sp³-hybridized carbons (Fsp3) is 0.160. The highest BCUT2D eigenvalue weighted by Crippen LogP contribution is 2.45. The summed E-state index contributed by atoms with van der Waals surface area (Å²) in [6.07, 6.45) is 1.69. The maximum absolute atomic E-state index is 13.1. The summed E-state index contributed by atoms with van der Waals surface area (Å²) in [6.45, 7) is 1.90. The number of anilines is 2. The van der Waals surface area contributed by atoms with Crippen LogP contribution in [0.1, 0.15) is 19.8 Å². The van der Waals surface area contributed by atoms with Crippen molar-refractivity contribution in [2.45, 2.75) is 24.7 Å². The number of hydrogen-bond donors (Lipinski definition) is 2. The van der Waals surface area contributed by atoms with Crippen molar-refractivity contribution < 1.29 is 22.1 Å². The van der Waals surface area contributed by atoms with Crippen LogP contribution >= 0.6 is 0 Å². The fourth-order valence-electron chi connectivity index (χ4n) is 3.40. The normalized spacial score (nSPS) is 14.3. The van der Waals surface area contributed by atoms with E-state index in [1.54, 1.807) is 36.4 Å². The molecule has 10 heteroatoms. The van der Waals surface area contributed by atoms with E-state index in [1.807, 2.05) is 6.92 Å². The van der Waals surface area contributed by atoms with Gasteiger partial charge in [-0.1, -0.05) is 18.1 Å². The number of carbonyl (C=O) groups is 1. The molecule has 0 saturated heterocycles. The zero-order valence-electron chi connectivity index (χ0n) is 18.7. The molecule has 1 aromatic heterocycles. The molecule has 5 rings (SSSR count). The van der Waals surface area contributed by atoms with E-state index in [1.165, 1.54) is 36.4 Å². The lowest BCUT2D eigenvalue weighted by Crippen LogP contribution is -2.21. The van der Waals surface area contributed by atoms with E-state index in [0.717, 1.165) is 12.8 Å². The Kier molecular flexibility index (Phi) is 5.60. The molecular weight excluding hydrogens is 471 g/mol. The predicted octanol–water partition coefficient (Wildman–Crippen LogP) is 5.08. The number of sulfonamides is 1. The highest BCUT2D eigenvalue weighted by atomic mass is 32.2. The van der Waals surface area contributed by atoms with E-state index in [9.17, 15) is 17.6 Å². The summed E-state index contributed by atoms with van der Waals surface area (Å²) < 4.78 is 46.7. The maximum atomic E-state index is 13.1. The van der Waals surface area contributed by atoms with Crippen molar-refractivity contribution in [1.29, 1.82) is 0 Å². The molecule has 3 aromatic carbocycles. The van der Waals surface area contributed by atoms with E-state index in [2.05, 4.69) is 20.2 Å². The topological polar surface area (TPSA) is 114 Å². The molecule has 1 aliphatic rings. The van der Waals surface area contributed by atoms with Gasteiger partial charge in [0.1, 0.15) is 5.82 Å². The third-order valence-electron chi connectivity index (χ3n) is 5.86. The van der Waals surface area contributed by atoms with Gasteiger partial charge in [-0.25, -0.2) is 12.8 Å². The van der Waals surface area contributed by atoms with Crippen LogP contribution in [0.2, 0.25) is 0 Å². The summed E-state index contributed by atoms with van der Waals surface area (Å²) in [5.74, 6) is 0.0511. The van der Waals surface area contributed by atoms with E-state index in [0.29, 0.717) is 22.5 Å². The Morgan fingerprint density at radius 3 is 2.31 bits per heavy atom. The second-order valence-electron chi connectivity index (χ2n) is 8.66. The van der Waals surface area contributed by atoms with Gasteiger partial charge in [-0.2, -0.15) is 4.98 Å². The van der Waals surface area contributed by atoms with E-state index < -0.39 is 10.0 Å². The molecule has 1 fully saturated rings. The lowest BCUT2D eigenvalue weighted by Gasteiger charge is -2.12. The molecule has 1 amide bonds. The summed E-state index contributed by atoms with van der Waals surface area (Å²) >= 11 is 0. The lowest BCUT2D eigenvalue weighted by atomic mass is 10.1. The van der Waals surface area contributed by atoms with Crippen LogP contribution in [0.4, 0.5) is 15.8 Å². The average Bonchev–Trinajstić information content (AvgIpc) is 3.40. The van der Waals surface area contributed by atoms with Crippen molar-refractivity contribution >= 4 is 27.3 Å². The number of aromatic nitrogens is 2. The summed E-state index contributed by atoms with van der Waals surface area (Å²) in [5.41, 5.74) is 1.63. The number of carbonyl (C=O) groups excluding carboxylic acids is 1. The highest BCUT2D eigenvalue weighted by molar-refractivity contribution is 7.92. The van der Waals surface area contributed by atoms with Crippen LogP contribution in [0.3, 0.4) is 0 Å². The second kappa shape index (κ2) is 8.62. The minimum atomic E-state index is -3.88. The van der Waals surface area contributed by atoms with Crippen LogP contribution in [0, 0.1) is 11.2 Å². The van der Waals surface area contributed by atoms with Gasteiger partial charge in [-0.3, -0.25) is 9.52 Å². The van der Waals surface area contributed by atoms with Crippen molar-refractivity contribution in [3.05, 3.63) is 78.6 Å². The Labute approximate surface area is 201 Å². The zero-order chi connectivity index (χ0) is 24.6. The van der Waals surface area contributed by atoms with Gasteiger partial charge in [0.15, 0.2) is 0 Å². The summed E-state index contributed by atoms with van der Waals surface area (Å²) in [5, 5.41) is 6.76. The van der Waals surface area contributed by atoms with Gasteiger partial charge in [0, 0.05) is 22.2 Å². The fourth-order valence-corrected chi connectivity index (χ4v) is 4.45. The first-order chi connectivity index (χ1) is 16.7. The minimum Gasteiger partial charge on any atom is -0.334 e. The molecule has 8 nitrogen and oxygen atoms in total. The van der Waals surface area contributed by atoms with Gasteiger partial charge in [0.25, 0.3) is 15.9 Å². The van der Waals surface area contributed by atoms with Crippen molar-refractivity contribution in [2.24, 2.45) is 5.41 Å². The van der Waals surface area contributed by atoms with Gasteiger partial charge < -0.3 is 9.84 Å².